The minimum atomic E-state index is -1.08. The quantitative estimate of drug-likeness (QED) is 0.866. The van der Waals surface area contributed by atoms with E-state index in [1.807, 2.05) is 0 Å². The van der Waals surface area contributed by atoms with Crippen molar-refractivity contribution in [1.29, 1.82) is 0 Å². The zero-order valence-electron chi connectivity index (χ0n) is 8.63. The van der Waals surface area contributed by atoms with Crippen LogP contribution < -0.4 is 9.47 Å². The molecule has 0 spiro atoms. The summed E-state index contributed by atoms with van der Waals surface area (Å²) in [6.07, 6.45) is 0. The van der Waals surface area contributed by atoms with Gasteiger partial charge in [-0.2, -0.15) is 0 Å². The number of rotatable bonds is 3. The third-order valence-electron chi connectivity index (χ3n) is 2.05. The predicted octanol–water partition coefficient (Wildman–Crippen LogP) is 2.36. The van der Waals surface area contributed by atoms with Gasteiger partial charge in [-0.25, -0.2) is 4.79 Å². The minimum absolute atomic E-state index is 0.0285. The Balaban J connectivity index is 3.51. The van der Waals surface area contributed by atoms with E-state index in [0.717, 1.165) is 0 Å². The van der Waals surface area contributed by atoms with E-state index in [2.05, 4.69) is 0 Å². The lowest BCUT2D eigenvalue weighted by atomic mass is 10.1. The Hall–Kier alpha value is -1.42. The van der Waals surface area contributed by atoms with E-state index in [0.29, 0.717) is 11.3 Å². The molecule has 0 aliphatic rings. The van der Waals surface area contributed by atoms with E-state index < -0.39 is 5.97 Å². The van der Waals surface area contributed by atoms with Gasteiger partial charge in [-0.05, 0) is 13.0 Å². The van der Waals surface area contributed by atoms with Gasteiger partial charge in [0.05, 0.1) is 19.2 Å². The van der Waals surface area contributed by atoms with Gasteiger partial charge in [-0.3, -0.25) is 0 Å². The van der Waals surface area contributed by atoms with Gasteiger partial charge in [0.2, 0.25) is 0 Å². The molecule has 0 bridgehead atoms. The number of carboxylic acids is 1. The molecule has 0 saturated heterocycles. The molecule has 5 heteroatoms. The largest absolute Gasteiger partial charge is 0.495 e. The number of hydrogen-bond donors (Lipinski definition) is 1. The Bertz CT molecular complexity index is 401. The molecule has 82 valence electrons. The average Bonchev–Trinajstić information content (AvgIpc) is 2.17. The zero-order valence-corrected chi connectivity index (χ0v) is 9.38. The van der Waals surface area contributed by atoms with E-state index >= 15 is 0 Å². The Morgan fingerprint density at radius 3 is 2.27 bits per heavy atom. The van der Waals surface area contributed by atoms with Crippen molar-refractivity contribution in [2.45, 2.75) is 6.92 Å². The van der Waals surface area contributed by atoms with Crippen LogP contribution in [-0.4, -0.2) is 25.3 Å². The SMILES string of the molecule is COc1c(Cl)cc(C(=O)O)c(OC)c1C. The summed E-state index contributed by atoms with van der Waals surface area (Å²) < 4.78 is 10.1. The lowest BCUT2D eigenvalue weighted by Crippen LogP contribution is -2.04. The van der Waals surface area contributed by atoms with Gasteiger partial charge in [-0.1, -0.05) is 11.6 Å². The fourth-order valence-corrected chi connectivity index (χ4v) is 1.74. The highest BCUT2D eigenvalue weighted by Crippen LogP contribution is 2.37. The van der Waals surface area contributed by atoms with Crippen LogP contribution in [0.4, 0.5) is 0 Å². The maximum atomic E-state index is 10.9. The van der Waals surface area contributed by atoms with Crippen molar-refractivity contribution < 1.29 is 19.4 Å². The van der Waals surface area contributed by atoms with Crippen LogP contribution in [0.3, 0.4) is 0 Å². The topological polar surface area (TPSA) is 55.8 Å². The highest BCUT2D eigenvalue weighted by Gasteiger charge is 2.19. The summed E-state index contributed by atoms with van der Waals surface area (Å²) in [5.74, 6) is -0.387. The second-order valence-electron chi connectivity index (χ2n) is 2.90. The number of hydrogen-bond acceptors (Lipinski definition) is 3. The molecule has 4 nitrogen and oxygen atoms in total. The molecule has 0 unspecified atom stereocenters. The number of carbonyl (C=O) groups is 1. The molecule has 0 aliphatic heterocycles. The molecule has 0 aliphatic carbocycles. The first-order chi connectivity index (χ1) is 7.02. The van der Waals surface area contributed by atoms with E-state index in [9.17, 15) is 4.79 Å². The number of carboxylic acid groups (broad SMARTS) is 1. The van der Waals surface area contributed by atoms with E-state index in [-0.39, 0.29) is 16.3 Å². The molecule has 0 amide bonds. The van der Waals surface area contributed by atoms with Crippen molar-refractivity contribution in [1.82, 2.24) is 0 Å². The molecule has 0 saturated carbocycles. The summed E-state index contributed by atoms with van der Waals surface area (Å²) in [4.78, 5) is 10.9. The van der Waals surface area contributed by atoms with E-state index in [1.54, 1.807) is 6.92 Å². The van der Waals surface area contributed by atoms with Gasteiger partial charge in [-0.15, -0.1) is 0 Å². The Morgan fingerprint density at radius 2 is 1.87 bits per heavy atom. The normalized spacial score (nSPS) is 9.87. The summed E-state index contributed by atoms with van der Waals surface area (Å²) >= 11 is 5.86. The summed E-state index contributed by atoms with van der Waals surface area (Å²) in [7, 11) is 2.87. The Kier molecular flexibility index (Phi) is 3.42. The Morgan fingerprint density at radius 1 is 1.33 bits per heavy atom. The van der Waals surface area contributed by atoms with Crippen LogP contribution in [0.15, 0.2) is 6.07 Å². The van der Waals surface area contributed by atoms with Crippen LogP contribution in [0, 0.1) is 6.92 Å². The third kappa shape index (κ3) is 1.99. The highest BCUT2D eigenvalue weighted by molar-refractivity contribution is 6.32. The smallest absolute Gasteiger partial charge is 0.339 e. The van der Waals surface area contributed by atoms with Crippen molar-refractivity contribution in [2.75, 3.05) is 14.2 Å². The number of halogens is 1. The van der Waals surface area contributed by atoms with Crippen LogP contribution in [0.2, 0.25) is 5.02 Å². The van der Waals surface area contributed by atoms with Crippen LogP contribution in [0.5, 0.6) is 11.5 Å². The highest BCUT2D eigenvalue weighted by atomic mass is 35.5. The van der Waals surface area contributed by atoms with Crippen molar-refractivity contribution in [3.8, 4) is 11.5 Å². The molecule has 0 heterocycles. The summed E-state index contributed by atoms with van der Waals surface area (Å²) in [5.41, 5.74) is 0.603. The lowest BCUT2D eigenvalue weighted by Gasteiger charge is -2.13. The molecule has 1 N–H and O–H groups in total. The number of benzene rings is 1. The number of aromatic carboxylic acids is 1. The first kappa shape index (κ1) is 11.7. The molecule has 0 atom stereocenters. The average molecular weight is 231 g/mol. The first-order valence-corrected chi connectivity index (χ1v) is 4.55. The van der Waals surface area contributed by atoms with Gasteiger partial charge >= 0.3 is 5.97 Å². The van der Waals surface area contributed by atoms with Crippen LogP contribution >= 0.6 is 11.6 Å². The maximum Gasteiger partial charge on any atom is 0.339 e. The van der Waals surface area contributed by atoms with Gasteiger partial charge in [0.1, 0.15) is 17.1 Å². The van der Waals surface area contributed by atoms with Gasteiger partial charge in [0, 0.05) is 5.56 Å². The lowest BCUT2D eigenvalue weighted by molar-refractivity contribution is 0.0693. The van der Waals surface area contributed by atoms with Crippen molar-refractivity contribution >= 4 is 17.6 Å². The first-order valence-electron chi connectivity index (χ1n) is 4.17. The summed E-state index contributed by atoms with van der Waals surface area (Å²) in [6.45, 7) is 1.69. The van der Waals surface area contributed by atoms with Crippen LogP contribution in [0.25, 0.3) is 0 Å². The second-order valence-corrected chi connectivity index (χ2v) is 3.31. The fraction of sp³-hybridized carbons (Fsp3) is 0.300. The van der Waals surface area contributed by atoms with Crippen LogP contribution in [0.1, 0.15) is 15.9 Å². The summed E-state index contributed by atoms with van der Waals surface area (Å²) in [5, 5.41) is 9.19. The zero-order chi connectivity index (χ0) is 11.6. The monoisotopic (exact) mass is 230 g/mol. The molecule has 0 fully saturated rings. The maximum absolute atomic E-state index is 10.9. The molecule has 15 heavy (non-hydrogen) atoms. The van der Waals surface area contributed by atoms with Crippen LogP contribution in [-0.2, 0) is 0 Å². The molecule has 1 aromatic rings. The molecule has 0 aromatic heterocycles. The van der Waals surface area contributed by atoms with E-state index in [4.69, 9.17) is 26.2 Å². The molecular weight excluding hydrogens is 220 g/mol. The number of methoxy groups -OCH3 is 2. The van der Waals surface area contributed by atoms with Gasteiger partial charge < -0.3 is 14.6 Å². The van der Waals surface area contributed by atoms with Crippen molar-refractivity contribution in [3.63, 3.8) is 0 Å². The molecule has 0 radical (unpaired) electrons. The van der Waals surface area contributed by atoms with E-state index in [1.165, 1.54) is 20.3 Å². The van der Waals surface area contributed by atoms with Gasteiger partial charge in [0.25, 0.3) is 0 Å². The van der Waals surface area contributed by atoms with Crippen molar-refractivity contribution in [2.24, 2.45) is 0 Å². The standard InChI is InChI=1S/C10H11ClO4/c1-5-8(14-2)6(10(12)13)4-7(11)9(5)15-3/h4H,1-3H3,(H,12,13). The Labute approximate surface area is 92.4 Å². The molecule has 1 aromatic carbocycles. The summed E-state index contributed by atoms with van der Waals surface area (Å²) in [6, 6.07) is 1.31. The molecular formula is C10H11ClO4. The van der Waals surface area contributed by atoms with Crippen molar-refractivity contribution in [3.05, 3.63) is 22.2 Å². The third-order valence-corrected chi connectivity index (χ3v) is 2.33. The fourth-order valence-electron chi connectivity index (χ4n) is 1.41. The van der Waals surface area contributed by atoms with Gasteiger partial charge in [0.15, 0.2) is 0 Å². The number of ether oxygens (including phenoxy) is 2. The predicted molar refractivity (Wildman–Crippen MR) is 56.3 cm³/mol. The molecule has 1 rings (SSSR count). The second kappa shape index (κ2) is 4.40. The minimum Gasteiger partial charge on any atom is -0.495 e.